The number of hydrogen-bond donors (Lipinski definition) is 2. The standard InChI is InChI=1S/C16H24FN3O2/c1-22-15-4-2-13(12-14(15)17)3-5-16(21)19-8-11-20-9-6-18-7-10-20/h2,4,12,18H,3,5-11H2,1H3,(H,19,21). The Hall–Kier alpha value is -1.66. The fourth-order valence-corrected chi connectivity index (χ4v) is 2.50. The van der Waals surface area contributed by atoms with Gasteiger partial charge in [0.05, 0.1) is 7.11 Å². The third kappa shape index (κ3) is 5.27. The van der Waals surface area contributed by atoms with Crippen molar-refractivity contribution in [1.29, 1.82) is 0 Å². The number of carbonyl (C=O) groups is 1. The molecular weight excluding hydrogens is 285 g/mol. The van der Waals surface area contributed by atoms with Crippen LogP contribution in [0, 0.1) is 5.82 Å². The van der Waals surface area contributed by atoms with Gasteiger partial charge in [0, 0.05) is 45.7 Å². The van der Waals surface area contributed by atoms with E-state index in [4.69, 9.17) is 4.74 Å². The Balaban J connectivity index is 1.65. The van der Waals surface area contributed by atoms with E-state index in [-0.39, 0.29) is 17.5 Å². The first-order valence-electron chi connectivity index (χ1n) is 7.71. The van der Waals surface area contributed by atoms with Crippen molar-refractivity contribution in [2.45, 2.75) is 12.8 Å². The van der Waals surface area contributed by atoms with Crippen LogP contribution >= 0.6 is 0 Å². The summed E-state index contributed by atoms with van der Waals surface area (Å²) < 4.78 is 18.4. The maximum Gasteiger partial charge on any atom is 0.220 e. The van der Waals surface area contributed by atoms with Crippen molar-refractivity contribution in [3.8, 4) is 5.75 Å². The highest BCUT2D eigenvalue weighted by atomic mass is 19.1. The van der Waals surface area contributed by atoms with E-state index in [0.29, 0.717) is 19.4 Å². The minimum Gasteiger partial charge on any atom is -0.494 e. The number of carbonyl (C=O) groups excluding carboxylic acids is 1. The molecule has 0 aliphatic carbocycles. The van der Waals surface area contributed by atoms with Crippen LogP contribution in [0.4, 0.5) is 4.39 Å². The van der Waals surface area contributed by atoms with Gasteiger partial charge in [-0.3, -0.25) is 9.69 Å². The fraction of sp³-hybridized carbons (Fsp3) is 0.562. The molecule has 2 N–H and O–H groups in total. The molecule has 122 valence electrons. The van der Waals surface area contributed by atoms with Crippen LogP contribution < -0.4 is 15.4 Å². The number of piperazine rings is 1. The van der Waals surface area contributed by atoms with E-state index in [2.05, 4.69) is 15.5 Å². The van der Waals surface area contributed by atoms with E-state index in [0.717, 1.165) is 38.3 Å². The molecular formula is C16H24FN3O2. The Morgan fingerprint density at radius 1 is 1.41 bits per heavy atom. The Morgan fingerprint density at radius 3 is 2.86 bits per heavy atom. The van der Waals surface area contributed by atoms with E-state index in [9.17, 15) is 9.18 Å². The topological polar surface area (TPSA) is 53.6 Å². The Bertz CT molecular complexity index is 490. The van der Waals surface area contributed by atoms with E-state index in [1.165, 1.54) is 13.2 Å². The molecule has 1 aliphatic heterocycles. The lowest BCUT2D eigenvalue weighted by Crippen LogP contribution is -2.46. The van der Waals surface area contributed by atoms with Gasteiger partial charge >= 0.3 is 0 Å². The van der Waals surface area contributed by atoms with Crippen molar-refractivity contribution in [3.63, 3.8) is 0 Å². The summed E-state index contributed by atoms with van der Waals surface area (Å²) in [7, 11) is 1.43. The fourth-order valence-electron chi connectivity index (χ4n) is 2.50. The molecule has 22 heavy (non-hydrogen) atoms. The van der Waals surface area contributed by atoms with Gasteiger partial charge in [-0.1, -0.05) is 6.07 Å². The molecule has 5 nitrogen and oxygen atoms in total. The predicted molar refractivity (Wildman–Crippen MR) is 83.6 cm³/mol. The van der Waals surface area contributed by atoms with E-state index in [1.807, 2.05) is 0 Å². The molecule has 0 atom stereocenters. The number of amides is 1. The van der Waals surface area contributed by atoms with Crippen LogP contribution in [0.1, 0.15) is 12.0 Å². The van der Waals surface area contributed by atoms with Gasteiger partial charge in [-0.25, -0.2) is 4.39 Å². The first kappa shape index (κ1) is 16.7. The van der Waals surface area contributed by atoms with Gasteiger partial charge in [0.25, 0.3) is 0 Å². The molecule has 2 rings (SSSR count). The van der Waals surface area contributed by atoms with E-state index in [1.54, 1.807) is 12.1 Å². The molecule has 0 bridgehead atoms. The number of ether oxygens (including phenoxy) is 1. The van der Waals surface area contributed by atoms with Gasteiger partial charge < -0.3 is 15.4 Å². The molecule has 0 spiro atoms. The highest BCUT2D eigenvalue weighted by Gasteiger charge is 2.10. The molecule has 1 aromatic carbocycles. The Kier molecular flexibility index (Phi) is 6.61. The average molecular weight is 309 g/mol. The zero-order chi connectivity index (χ0) is 15.8. The number of rotatable bonds is 7. The van der Waals surface area contributed by atoms with Gasteiger partial charge in [0.1, 0.15) is 0 Å². The summed E-state index contributed by atoms with van der Waals surface area (Å²) in [5.74, 6) is -0.158. The van der Waals surface area contributed by atoms with E-state index >= 15 is 0 Å². The molecule has 1 heterocycles. The molecule has 6 heteroatoms. The molecule has 1 saturated heterocycles. The molecule has 1 fully saturated rings. The molecule has 0 unspecified atom stereocenters. The number of nitrogens with zero attached hydrogens (tertiary/aromatic N) is 1. The monoisotopic (exact) mass is 309 g/mol. The second kappa shape index (κ2) is 8.70. The summed E-state index contributed by atoms with van der Waals surface area (Å²) >= 11 is 0. The molecule has 1 aromatic rings. The first-order valence-corrected chi connectivity index (χ1v) is 7.71. The van der Waals surface area contributed by atoms with Gasteiger partial charge in [0.2, 0.25) is 5.91 Å². The summed E-state index contributed by atoms with van der Waals surface area (Å²) in [5, 5.41) is 6.21. The predicted octanol–water partition coefficient (Wildman–Crippen LogP) is 0.788. The van der Waals surface area contributed by atoms with Crippen LogP contribution in [-0.4, -0.2) is 57.2 Å². The lowest BCUT2D eigenvalue weighted by atomic mass is 10.1. The summed E-state index contributed by atoms with van der Waals surface area (Å²) in [4.78, 5) is 14.1. The van der Waals surface area contributed by atoms with Gasteiger partial charge in [-0.2, -0.15) is 0 Å². The maximum atomic E-state index is 13.5. The van der Waals surface area contributed by atoms with Crippen LogP contribution in [0.15, 0.2) is 18.2 Å². The SMILES string of the molecule is COc1ccc(CCC(=O)NCCN2CCNCC2)cc1F. The quantitative estimate of drug-likeness (QED) is 0.782. The lowest BCUT2D eigenvalue weighted by molar-refractivity contribution is -0.121. The number of nitrogens with one attached hydrogen (secondary N) is 2. The number of hydrogen-bond acceptors (Lipinski definition) is 4. The Morgan fingerprint density at radius 2 is 2.18 bits per heavy atom. The molecule has 1 aliphatic rings. The highest BCUT2D eigenvalue weighted by Crippen LogP contribution is 2.18. The summed E-state index contributed by atoms with van der Waals surface area (Å²) in [5.41, 5.74) is 0.801. The third-order valence-corrected chi connectivity index (χ3v) is 3.82. The van der Waals surface area contributed by atoms with Gasteiger partial charge in [-0.15, -0.1) is 0 Å². The Labute approximate surface area is 130 Å². The summed E-state index contributed by atoms with van der Waals surface area (Å²) in [6, 6.07) is 4.80. The van der Waals surface area contributed by atoms with Crippen molar-refractivity contribution in [2.75, 3.05) is 46.4 Å². The second-order valence-electron chi connectivity index (χ2n) is 5.41. The van der Waals surface area contributed by atoms with Crippen LogP contribution in [0.5, 0.6) is 5.75 Å². The van der Waals surface area contributed by atoms with Crippen LogP contribution in [0.2, 0.25) is 0 Å². The van der Waals surface area contributed by atoms with Crippen molar-refractivity contribution < 1.29 is 13.9 Å². The molecule has 0 saturated carbocycles. The van der Waals surface area contributed by atoms with Crippen molar-refractivity contribution in [1.82, 2.24) is 15.5 Å². The van der Waals surface area contributed by atoms with Crippen LogP contribution in [-0.2, 0) is 11.2 Å². The van der Waals surface area contributed by atoms with Crippen molar-refractivity contribution in [3.05, 3.63) is 29.6 Å². The first-order chi connectivity index (χ1) is 10.7. The second-order valence-corrected chi connectivity index (χ2v) is 5.41. The summed E-state index contributed by atoms with van der Waals surface area (Å²) in [6.07, 6.45) is 0.897. The highest BCUT2D eigenvalue weighted by molar-refractivity contribution is 5.76. The maximum absolute atomic E-state index is 13.5. The van der Waals surface area contributed by atoms with Crippen molar-refractivity contribution >= 4 is 5.91 Å². The lowest BCUT2D eigenvalue weighted by Gasteiger charge is -2.27. The number of aryl methyl sites for hydroxylation is 1. The van der Waals surface area contributed by atoms with Crippen LogP contribution in [0.3, 0.4) is 0 Å². The van der Waals surface area contributed by atoms with Crippen molar-refractivity contribution in [2.24, 2.45) is 0 Å². The number of benzene rings is 1. The van der Waals surface area contributed by atoms with Gasteiger partial charge in [0.15, 0.2) is 11.6 Å². The molecule has 0 radical (unpaired) electrons. The minimum absolute atomic E-state index is 0.00589. The smallest absolute Gasteiger partial charge is 0.220 e. The molecule has 0 aromatic heterocycles. The average Bonchev–Trinajstić information content (AvgIpc) is 2.54. The molecule has 1 amide bonds. The number of methoxy groups -OCH3 is 1. The minimum atomic E-state index is -0.390. The van der Waals surface area contributed by atoms with Crippen LogP contribution in [0.25, 0.3) is 0 Å². The number of halogens is 1. The summed E-state index contributed by atoms with van der Waals surface area (Å²) in [6.45, 7) is 5.62. The normalized spacial score (nSPS) is 15.5. The van der Waals surface area contributed by atoms with E-state index < -0.39 is 0 Å². The zero-order valence-electron chi connectivity index (χ0n) is 13.0. The third-order valence-electron chi connectivity index (χ3n) is 3.82. The largest absolute Gasteiger partial charge is 0.494 e. The zero-order valence-corrected chi connectivity index (χ0v) is 13.0. The van der Waals surface area contributed by atoms with Gasteiger partial charge in [-0.05, 0) is 24.1 Å².